The van der Waals surface area contributed by atoms with Crippen molar-refractivity contribution in [3.63, 3.8) is 0 Å². The van der Waals surface area contributed by atoms with Gasteiger partial charge in [-0.25, -0.2) is 4.79 Å². The highest BCUT2D eigenvalue weighted by Gasteiger charge is 2.28. The van der Waals surface area contributed by atoms with E-state index in [9.17, 15) is 9.59 Å². The summed E-state index contributed by atoms with van der Waals surface area (Å²) in [5.41, 5.74) is 3.82. The molecule has 156 valence electrons. The maximum atomic E-state index is 13.3. The average molecular weight is 435 g/mol. The summed E-state index contributed by atoms with van der Waals surface area (Å²) < 4.78 is 7.02. The van der Waals surface area contributed by atoms with Crippen molar-refractivity contribution in [3.8, 4) is 11.3 Å². The first-order chi connectivity index (χ1) is 15.0. The first-order valence-electron chi connectivity index (χ1n) is 9.94. The molecule has 0 unspecified atom stereocenters. The zero-order valence-corrected chi connectivity index (χ0v) is 17.5. The Morgan fingerprint density at radius 2 is 1.94 bits per heavy atom. The summed E-state index contributed by atoms with van der Waals surface area (Å²) in [6.45, 7) is 2.58. The molecule has 8 heteroatoms. The fourth-order valence-electron chi connectivity index (χ4n) is 4.01. The first-order valence-corrected chi connectivity index (χ1v) is 10.3. The fraction of sp³-hybridized carbons (Fsp3) is 0.174. The van der Waals surface area contributed by atoms with E-state index in [0.29, 0.717) is 47.1 Å². The third kappa shape index (κ3) is 3.27. The number of fused-ring (bicyclic) bond motifs is 1. The third-order valence-corrected chi connectivity index (χ3v) is 5.88. The van der Waals surface area contributed by atoms with E-state index in [1.54, 1.807) is 22.5 Å². The van der Waals surface area contributed by atoms with E-state index in [-0.39, 0.29) is 11.6 Å². The van der Waals surface area contributed by atoms with Gasteiger partial charge in [0.15, 0.2) is 0 Å². The summed E-state index contributed by atoms with van der Waals surface area (Å²) >= 11 is 6.32. The number of hydrogen-bond acceptors (Lipinski definition) is 4. The Morgan fingerprint density at radius 3 is 2.71 bits per heavy atom. The molecule has 2 aromatic heterocycles. The van der Waals surface area contributed by atoms with Crippen molar-refractivity contribution < 1.29 is 9.32 Å². The van der Waals surface area contributed by atoms with Gasteiger partial charge in [0.2, 0.25) is 0 Å². The van der Waals surface area contributed by atoms with Gasteiger partial charge < -0.3 is 14.4 Å². The lowest BCUT2D eigenvalue weighted by Crippen LogP contribution is -2.36. The molecule has 0 radical (unpaired) electrons. The number of aromatic nitrogens is 3. The van der Waals surface area contributed by atoms with E-state index in [1.165, 1.54) is 0 Å². The van der Waals surface area contributed by atoms with Gasteiger partial charge in [-0.2, -0.15) is 0 Å². The molecule has 3 heterocycles. The van der Waals surface area contributed by atoms with E-state index < -0.39 is 0 Å². The van der Waals surface area contributed by atoms with Gasteiger partial charge in [-0.3, -0.25) is 9.36 Å². The van der Waals surface area contributed by atoms with E-state index in [0.717, 1.165) is 16.7 Å². The number of nitrogens with one attached hydrogen (secondary N) is 1. The highest BCUT2D eigenvalue weighted by atomic mass is 35.5. The number of nitrogens with zero attached hydrogens (tertiary/aromatic N) is 3. The molecule has 4 aromatic rings. The zero-order chi connectivity index (χ0) is 21.5. The monoisotopic (exact) mass is 434 g/mol. The summed E-state index contributed by atoms with van der Waals surface area (Å²) in [5, 5.41) is 4.60. The van der Waals surface area contributed by atoms with Gasteiger partial charge in [-0.1, -0.05) is 47.1 Å². The molecule has 1 aliphatic heterocycles. The van der Waals surface area contributed by atoms with E-state index in [4.69, 9.17) is 16.1 Å². The quantitative estimate of drug-likeness (QED) is 0.520. The van der Waals surface area contributed by atoms with Crippen molar-refractivity contribution in [2.75, 3.05) is 13.1 Å². The Kier molecular flexibility index (Phi) is 4.75. The summed E-state index contributed by atoms with van der Waals surface area (Å²) in [4.78, 5) is 30.4. The minimum absolute atomic E-state index is 0.171. The number of hydrogen-bond donors (Lipinski definition) is 1. The molecule has 0 saturated carbocycles. The predicted octanol–water partition coefficient (Wildman–Crippen LogP) is 4.33. The molecule has 1 N–H and O–H groups in total. The second kappa shape index (κ2) is 7.59. The number of carbonyl (C=O) groups excluding carboxylic acids is 1. The lowest BCUT2D eigenvalue weighted by Gasteiger charge is -2.26. The molecule has 0 bridgehead atoms. The molecule has 2 aromatic carbocycles. The second-order valence-electron chi connectivity index (χ2n) is 7.42. The fourth-order valence-corrected chi connectivity index (χ4v) is 4.23. The molecule has 0 fully saturated rings. The van der Waals surface area contributed by atoms with Gasteiger partial charge in [-0.05, 0) is 31.2 Å². The summed E-state index contributed by atoms with van der Waals surface area (Å²) in [6, 6.07) is 14.8. The number of benzene rings is 2. The Balaban J connectivity index is 1.45. The molecule has 5 rings (SSSR count). The van der Waals surface area contributed by atoms with Gasteiger partial charge in [0.25, 0.3) is 5.91 Å². The highest BCUT2D eigenvalue weighted by Crippen LogP contribution is 2.32. The van der Waals surface area contributed by atoms with Crippen molar-refractivity contribution in [3.05, 3.63) is 81.4 Å². The zero-order valence-electron chi connectivity index (χ0n) is 16.8. The van der Waals surface area contributed by atoms with Crippen LogP contribution in [0.25, 0.3) is 28.0 Å². The Morgan fingerprint density at radius 1 is 1.16 bits per heavy atom. The molecule has 1 aliphatic rings. The van der Waals surface area contributed by atoms with Crippen LogP contribution in [0.2, 0.25) is 5.02 Å². The molecule has 1 amide bonds. The van der Waals surface area contributed by atoms with Crippen molar-refractivity contribution in [1.29, 1.82) is 0 Å². The number of H-pyrrole nitrogens is 1. The minimum Gasteiger partial charge on any atom is -0.360 e. The van der Waals surface area contributed by atoms with Crippen LogP contribution in [0.1, 0.15) is 22.5 Å². The molecule has 0 aliphatic carbocycles. The van der Waals surface area contributed by atoms with Crippen molar-refractivity contribution in [2.24, 2.45) is 0 Å². The molecular weight excluding hydrogens is 416 g/mol. The molecular formula is C23H19ClN4O3. The van der Waals surface area contributed by atoms with Gasteiger partial charge in [0.1, 0.15) is 17.0 Å². The second-order valence-corrected chi connectivity index (χ2v) is 7.83. The van der Waals surface area contributed by atoms with E-state index in [1.807, 2.05) is 48.5 Å². The smallest absolute Gasteiger partial charge is 0.330 e. The number of imidazole rings is 1. The van der Waals surface area contributed by atoms with E-state index in [2.05, 4.69) is 10.1 Å². The molecule has 0 spiro atoms. The number of halogens is 1. The SMILES string of the molecule is Cc1onc(-c2ccccc2Cl)c1C(=O)N1CC=C(n2c(=O)[nH]c3ccccc32)CC1. The molecule has 31 heavy (non-hydrogen) atoms. The normalized spacial score (nSPS) is 14.1. The number of amides is 1. The summed E-state index contributed by atoms with van der Waals surface area (Å²) in [5.74, 6) is 0.276. The van der Waals surface area contributed by atoms with Gasteiger partial charge in [-0.15, -0.1) is 0 Å². The highest BCUT2D eigenvalue weighted by molar-refractivity contribution is 6.33. The molecule has 0 atom stereocenters. The van der Waals surface area contributed by atoms with E-state index >= 15 is 0 Å². The summed E-state index contributed by atoms with van der Waals surface area (Å²) in [7, 11) is 0. The topological polar surface area (TPSA) is 84.1 Å². The van der Waals surface area contributed by atoms with Gasteiger partial charge in [0.05, 0.1) is 16.1 Å². The maximum absolute atomic E-state index is 13.3. The number of aromatic amines is 1. The van der Waals surface area contributed by atoms with Gasteiger partial charge >= 0.3 is 5.69 Å². The van der Waals surface area contributed by atoms with Crippen LogP contribution in [0, 0.1) is 6.92 Å². The van der Waals surface area contributed by atoms with Gasteiger partial charge in [0, 0.05) is 30.8 Å². The average Bonchev–Trinajstić information content (AvgIpc) is 3.32. The van der Waals surface area contributed by atoms with Crippen LogP contribution in [0.5, 0.6) is 0 Å². The predicted molar refractivity (Wildman–Crippen MR) is 119 cm³/mol. The lowest BCUT2D eigenvalue weighted by molar-refractivity contribution is 0.0771. The number of aryl methyl sites for hydroxylation is 1. The third-order valence-electron chi connectivity index (χ3n) is 5.55. The van der Waals surface area contributed by atoms with Crippen LogP contribution >= 0.6 is 11.6 Å². The van der Waals surface area contributed by atoms with Crippen LogP contribution in [-0.4, -0.2) is 38.6 Å². The molecule has 7 nitrogen and oxygen atoms in total. The number of para-hydroxylation sites is 2. The number of carbonyl (C=O) groups is 1. The van der Waals surface area contributed by atoms with Crippen molar-refractivity contribution >= 4 is 34.2 Å². The van der Waals surface area contributed by atoms with Crippen LogP contribution < -0.4 is 5.69 Å². The first kappa shape index (κ1) is 19.4. The maximum Gasteiger partial charge on any atom is 0.330 e. The van der Waals surface area contributed by atoms with Crippen LogP contribution in [0.4, 0.5) is 0 Å². The van der Waals surface area contributed by atoms with Crippen molar-refractivity contribution in [1.82, 2.24) is 19.6 Å². The minimum atomic E-state index is -0.178. The number of rotatable bonds is 3. The Labute approximate surface area is 182 Å². The van der Waals surface area contributed by atoms with Crippen LogP contribution in [-0.2, 0) is 0 Å². The van der Waals surface area contributed by atoms with Crippen LogP contribution in [0.15, 0.2) is 63.9 Å². The largest absolute Gasteiger partial charge is 0.360 e. The molecule has 0 saturated heterocycles. The Bertz CT molecular complexity index is 1400. The Hall–Kier alpha value is -3.58. The van der Waals surface area contributed by atoms with Crippen LogP contribution in [0.3, 0.4) is 0 Å². The summed E-state index contributed by atoms with van der Waals surface area (Å²) in [6.07, 6.45) is 2.47. The standard InChI is InChI=1S/C23H19ClN4O3/c1-14-20(21(26-31-14)16-6-2-3-7-17(16)24)22(29)27-12-10-15(11-13-27)28-19-9-5-4-8-18(19)25-23(28)30/h2-10H,11-13H2,1H3,(H,25,30). The van der Waals surface area contributed by atoms with Crippen molar-refractivity contribution in [2.45, 2.75) is 13.3 Å². The lowest BCUT2D eigenvalue weighted by atomic mass is 10.0.